The topological polar surface area (TPSA) is 50.4 Å². The molecule has 0 aromatic heterocycles. The van der Waals surface area contributed by atoms with Crippen LogP contribution in [-0.2, 0) is 4.79 Å². The molecule has 150 valence electrons. The Morgan fingerprint density at radius 1 is 0.900 bits per heavy atom. The van der Waals surface area contributed by atoms with Gasteiger partial charge in [0.1, 0.15) is 5.75 Å². The summed E-state index contributed by atoms with van der Waals surface area (Å²) in [5.41, 5.74) is 5.41. The highest BCUT2D eigenvalue weighted by molar-refractivity contribution is 7.80. The third-order valence-electron chi connectivity index (χ3n) is 5.19. The van der Waals surface area contributed by atoms with E-state index in [-0.39, 0.29) is 11.8 Å². The number of nitrogens with one attached hydrogen (secondary N) is 2. The van der Waals surface area contributed by atoms with Crippen LogP contribution in [0.5, 0.6) is 5.75 Å². The lowest BCUT2D eigenvalue weighted by Crippen LogP contribution is -2.44. The first-order valence-electron chi connectivity index (χ1n) is 9.70. The molecule has 4 nitrogen and oxygen atoms in total. The minimum Gasteiger partial charge on any atom is -0.497 e. The molecule has 1 aliphatic heterocycles. The molecule has 0 aliphatic carbocycles. The Morgan fingerprint density at radius 2 is 1.57 bits per heavy atom. The summed E-state index contributed by atoms with van der Waals surface area (Å²) in [6.45, 7) is 1.60. The van der Waals surface area contributed by atoms with Crippen molar-refractivity contribution >= 4 is 28.8 Å². The number of methoxy groups -OCH3 is 1. The van der Waals surface area contributed by atoms with Gasteiger partial charge in [0.05, 0.1) is 18.8 Å². The van der Waals surface area contributed by atoms with Crippen LogP contribution in [0, 0.1) is 0 Å². The summed E-state index contributed by atoms with van der Waals surface area (Å²) >= 11 is 5.51. The monoisotopic (exact) mass is 414 g/mol. The fraction of sp³-hybridized carbons (Fsp3) is 0.120. The summed E-state index contributed by atoms with van der Waals surface area (Å²) in [6, 6.07) is 25.4. The predicted octanol–water partition coefficient (Wildman–Crippen LogP) is 4.88. The molecule has 4 rings (SSSR count). The molecule has 1 aliphatic rings. The summed E-state index contributed by atoms with van der Waals surface area (Å²) in [7, 11) is 1.65. The molecule has 0 radical (unpaired) electrons. The standard InChI is InChI=1S/C25H22N2O2S/c1-16(28)22-23(18-8-4-3-5-9-18)26-25(30)27-24(22)21-11-7-6-10-20(21)17-12-14-19(29-2)15-13-17/h3-15,24H,1-2H3,(H2,26,27,30). The Balaban J connectivity index is 1.88. The van der Waals surface area contributed by atoms with Gasteiger partial charge in [-0.25, -0.2) is 0 Å². The van der Waals surface area contributed by atoms with Gasteiger partial charge in [-0.3, -0.25) is 4.79 Å². The normalized spacial score (nSPS) is 15.9. The molecule has 2 N–H and O–H groups in total. The van der Waals surface area contributed by atoms with Crippen molar-refractivity contribution in [1.29, 1.82) is 0 Å². The zero-order valence-electron chi connectivity index (χ0n) is 16.8. The van der Waals surface area contributed by atoms with Gasteiger partial charge in [0.2, 0.25) is 0 Å². The molecule has 0 saturated heterocycles. The van der Waals surface area contributed by atoms with Gasteiger partial charge in [-0.05, 0) is 53.5 Å². The van der Waals surface area contributed by atoms with E-state index in [0.29, 0.717) is 10.7 Å². The molecule has 3 aromatic carbocycles. The SMILES string of the molecule is COc1ccc(-c2ccccc2C2NC(=S)NC(c3ccccc3)=C2C(C)=O)cc1. The van der Waals surface area contributed by atoms with E-state index in [1.165, 1.54) is 0 Å². The highest BCUT2D eigenvalue weighted by Gasteiger charge is 2.31. The zero-order chi connectivity index (χ0) is 21.1. The number of ether oxygens (including phenoxy) is 1. The second-order valence-electron chi connectivity index (χ2n) is 7.06. The molecule has 3 aromatic rings. The summed E-state index contributed by atoms with van der Waals surface area (Å²) in [4.78, 5) is 12.8. The van der Waals surface area contributed by atoms with Gasteiger partial charge in [-0.2, -0.15) is 0 Å². The largest absolute Gasteiger partial charge is 0.497 e. The molecular weight excluding hydrogens is 392 g/mol. The zero-order valence-corrected chi connectivity index (χ0v) is 17.6. The van der Waals surface area contributed by atoms with Gasteiger partial charge >= 0.3 is 0 Å². The quantitative estimate of drug-likeness (QED) is 0.583. The highest BCUT2D eigenvalue weighted by atomic mass is 32.1. The highest BCUT2D eigenvalue weighted by Crippen LogP contribution is 2.37. The Hall–Kier alpha value is -3.44. The molecule has 1 atom stereocenters. The van der Waals surface area contributed by atoms with Gasteiger partial charge < -0.3 is 15.4 Å². The number of Topliss-reactive ketones (excluding diaryl/α,β-unsaturated/α-hetero) is 1. The molecule has 0 spiro atoms. The third kappa shape index (κ3) is 3.84. The van der Waals surface area contributed by atoms with Crippen molar-refractivity contribution in [3.05, 3.63) is 95.6 Å². The second-order valence-corrected chi connectivity index (χ2v) is 7.47. The Morgan fingerprint density at radius 3 is 2.23 bits per heavy atom. The number of thiocarbonyl (C=S) groups is 1. The van der Waals surface area contributed by atoms with Gasteiger partial charge in [-0.1, -0.05) is 66.7 Å². The fourth-order valence-electron chi connectivity index (χ4n) is 3.79. The van der Waals surface area contributed by atoms with Crippen molar-refractivity contribution in [2.45, 2.75) is 13.0 Å². The maximum absolute atomic E-state index is 12.8. The number of hydrogen-bond donors (Lipinski definition) is 2. The van der Waals surface area contributed by atoms with Crippen LogP contribution in [0.2, 0.25) is 0 Å². The first-order valence-corrected chi connectivity index (χ1v) is 10.1. The van der Waals surface area contributed by atoms with Gasteiger partial charge in [0.15, 0.2) is 10.9 Å². The first kappa shape index (κ1) is 19.9. The van der Waals surface area contributed by atoms with E-state index < -0.39 is 0 Å². The van der Waals surface area contributed by atoms with Crippen LogP contribution < -0.4 is 15.4 Å². The molecule has 5 heteroatoms. The van der Waals surface area contributed by atoms with E-state index in [1.807, 2.05) is 72.8 Å². The molecule has 1 unspecified atom stereocenters. The smallest absolute Gasteiger partial charge is 0.171 e. The van der Waals surface area contributed by atoms with E-state index in [2.05, 4.69) is 16.7 Å². The van der Waals surface area contributed by atoms with Gasteiger partial charge in [0.25, 0.3) is 0 Å². The average Bonchev–Trinajstić information content (AvgIpc) is 2.79. The summed E-state index contributed by atoms with van der Waals surface area (Å²) in [6.07, 6.45) is 0. The lowest BCUT2D eigenvalue weighted by Gasteiger charge is -2.32. The van der Waals surface area contributed by atoms with E-state index in [1.54, 1.807) is 14.0 Å². The van der Waals surface area contributed by atoms with Crippen LogP contribution in [0.3, 0.4) is 0 Å². The Labute approximate surface area is 181 Å². The lowest BCUT2D eigenvalue weighted by atomic mass is 9.86. The minimum absolute atomic E-state index is 0.00844. The number of hydrogen-bond acceptors (Lipinski definition) is 3. The first-order chi connectivity index (χ1) is 14.6. The fourth-order valence-corrected chi connectivity index (χ4v) is 4.01. The molecule has 1 heterocycles. The van der Waals surface area contributed by atoms with Crippen LogP contribution in [0.25, 0.3) is 16.8 Å². The number of rotatable bonds is 5. The summed E-state index contributed by atoms with van der Waals surface area (Å²) < 4.78 is 5.29. The van der Waals surface area contributed by atoms with Crippen molar-refractivity contribution in [3.63, 3.8) is 0 Å². The number of carbonyl (C=O) groups excluding carboxylic acids is 1. The maximum Gasteiger partial charge on any atom is 0.171 e. The van der Waals surface area contributed by atoms with Crippen molar-refractivity contribution in [1.82, 2.24) is 10.6 Å². The number of ketones is 1. The molecule has 0 saturated carbocycles. The number of benzene rings is 3. The summed E-state index contributed by atoms with van der Waals surface area (Å²) in [5.74, 6) is 0.791. The molecule has 0 bridgehead atoms. The molecular formula is C25H22N2O2S. The van der Waals surface area contributed by atoms with E-state index in [4.69, 9.17) is 17.0 Å². The Kier molecular flexibility index (Phi) is 5.63. The summed E-state index contributed by atoms with van der Waals surface area (Å²) in [5, 5.41) is 7.01. The molecule has 30 heavy (non-hydrogen) atoms. The van der Waals surface area contributed by atoms with Crippen LogP contribution in [-0.4, -0.2) is 18.0 Å². The van der Waals surface area contributed by atoms with Crippen LogP contribution >= 0.6 is 12.2 Å². The maximum atomic E-state index is 12.8. The molecule has 0 fully saturated rings. The average molecular weight is 415 g/mol. The van der Waals surface area contributed by atoms with Crippen LogP contribution in [0.4, 0.5) is 0 Å². The minimum atomic E-state index is -0.357. The van der Waals surface area contributed by atoms with Gasteiger partial charge in [0, 0.05) is 5.57 Å². The van der Waals surface area contributed by atoms with Crippen molar-refractivity contribution < 1.29 is 9.53 Å². The van der Waals surface area contributed by atoms with Crippen LogP contribution in [0.1, 0.15) is 24.1 Å². The van der Waals surface area contributed by atoms with Crippen molar-refractivity contribution in [2.75, 3.05) is 7.11 Å². The molecule has 0 amide bonds. The lowest BCUT2D eigenvalue weighted by molar-refractivity contribution is -0.113. The van der Waals surface area contributed by atoms with E-state index in [0.717, 1.165) is 33.7 Å². The second kappa shape index (κ2) is 8.51. The number of carbonyl (C=O) groups is 1. The third-order valence-corrected chi connectivity index (χ3v) is 5.41. The van der Waals surface area contributed by atoms with Crippen molar-refractivity contribution in [2.24, 2.45) is 0 Å². The Bertz CT molecular complexity index is 1120. The van der Waals surface area contributed by atoms with Crippen molar-refractivity contribution in [3.8, 4) is 16.9 Å². The van der Waals surface area contributed by atoms with E-state index in [9.17, 15) is 4.79 Å². The predicted molar refractivity (Wildman–Crippen MR) is 124 cm³/mol. The van der Waals surface area contributed by atoms with Crippen LogP contribution in [0.15, 0.2) is 84.4 Å². The van der Waals surface area contributed by atoms with E-state index >= 15 is 0 Å². The van der Waals surface area contributed by atoms with Gasteiger partial charge in [-0.15, -0.1) is 0 Å².